The van der Waals surface area contributed by atoms with Gasteiger partial charge in [0, 0.05) is 0 Å². The van der Waals surface area contributed by atoms with Crippen LogP contribution >= 0.6 is 0 Å². The fourth-order valence-electron chi connectivity index (χ4n) is 5.33. The van der Waals surface area contributed by atoms with Crippen LogP contribution in [-0.2, 0) is 9.59 Å². The maximum Gasteiger partial charge on any atom is 0.277 e. The lowest BCUT2D eigenvalue weighted by atomic mass is 10.0. The molecule has 0 radical (unpaired) electrons. The summed E-state index contributed by atoms with van der Waals surface area (Å²) >= 11 is 0. The average Bonchev–Trinajstić information content (AvgIpc) is 3.26. The van der Waals surface area contributed by atoms with Crippen LogP contribution in [0, 0.1) is 0 Å². The molecule has 0 saturated carbocycles. The van der Waals surface area contributed by atoms with Crippen molar-refractivity contribution in [2.75, 3.05) is 6.54 Å². The summed E-state index contributed by atoms with van der Waals surface area (Å²) in [5.74, 6) is -0.0147. The Morgan fingerprint density at radius 3 is 1.64 bits per heavy atom. The third-order valence-electron chi connectivity index (χ3n) is 7.39. The Hall–Kier alpha value is -3.90. The summed E-state index contributed by atoms with van der Waals surface area (Å²) in [6.45, 7) is 6.05. The van der Waals surface area contributed by atoms with Gasteiger partial charge in [-0.1, -0.05) is 91.0 Å². The van der Waals surface area contributed by atoms with Crippen molar-refractivity contribution in [1.29, 1.82) is 0 Å². The molecule has 1 amide bonds. The number of aliphatic hydroxyl groups excluding tert-OH is 1. The number of nitrogens with zero attached hydrogens (tertiary/aromatic N) is 3. The number of carbonyl (C=O) groups excluding carboxylic acids is 2. The molecule has 0 aliphatic carbocycles. The van der Waals surface area contributed by atoms with Crippen LogP contribution in [0.2, 0.25) is 0 Å². The lowest BCUT2D eigenvalue weighted by Gasteiger charge is -2.47. The number of benzene rings is 3. The van der Waals surface area contributed by atoms with Crippen molar-refractivity contribution >= 4 is 11.7 Å². The summed E-state index contributed by atoms with van der Waals surface area (Å²) in [7, 11) is 0. The monoisotopic (exact) mass is 481 g/mol. The van der Waals surface area contributed by atoms with E-state index in [1.54, 1.807) is 4.90 Å². The van der Waals surface area contributed by atoms with E-state index in [4.69, 9.17) is 0 Å². The first kappa shape index (κ1) is 23.8. The first-order valence-corrected chi connectivity index (χ1v) is 12.4. The molecule has 36 heavy (non-hydrogen) atoms. The number of amides is 1. The second-order valence-electron chi connectivity index (χ2n) is 9.47. The van der Waals surface area contributed by atoms with Crippen LogP contribution in [-0.4, -0.2) is 44.3 Å². The molecule has 0 fully saturated rings. The van der Waals surface area contributed by atoms with Crippen molar-refractivity contribution < 1.29 is 14.7 Å². The Morgan fingerprint density at radius 1 is 0.694 bits per heavy atom. The first-order chi connectivity index (χ1) is 17.4. The van der Waals surface area contributed by atoms with Gasteiger partial charge in [0.1, 0.15) is 11.5 Å². The van der Waals surface area contributed by atoms with Gasteiger partial charge in [-0.25, -0.2) is 0 Å². The quantitative estimate of drug-likeness (QED) is 0.549. The second-order valence-corrected chi connectivity index (χ2v) is 9.47. The normalized spacial score (nSPS) is 20.4. The van der Waals surface area contributed by atoms with Crippen LogP contribution in [0.15, 0.2) is 103 Å². The predicted molar refractivity (Wildman–Crippen MR) is 138 cm³/mol. The summed E-state index contributed by atoms with van der Waals surface area (Å²) < 4.78 is 0. The van der Waals surface area contributed by atoms with Gasteiger partial charge in [-0.2, -0.15) is 0 Å². The largest absolute Gasteiger partial charge is 0.365 e. The fourth-order valence-corrected chi connectivity index (χ4v) is 5.33. The summed E-state index contributed by atoms with van der Waals surface area (Å²) in [5, 5.41) is 11.5. The van der Waals surface area contributed by atoms with Crippen LogP contribution in [0.4, 0.5) is 0 Å². The van der Waals surface area contributed by atoms with Crippen LogP contribution < -0.4 is 0 Å². The van der Waals surface area contributed by atoms with Crippen molar-refractivity contribution in [2.24, 2.45) is 0 Å². The van der Waals surface area contributed by atoms with Gasteiger partial charge in [0.25, 0.3) is 5.91 Å². The molecule has 0 spiro atoms. The molecule has 3 aromatic rings. The number of hydrogen-bond acceptors (Lipinski definition) is 5. The molecule has 2 aliphatic rings. The van der Waals surface area contributed by atoms with Gasteiger partial charge >= 0.3 is 0 Å². The fraction of sp³-hybridized carbons (Fsp3) is 0.267. The smallest absolute Gasteiger partial charge is 0.277 e. The topological polar surface area (TPSA) is 64.1 Å². The third-order valence-corrected chi connectivity index (χ3v) is 7.39. The first-order valence-electron chi connectivity index (χ1n) is 12.4. The number of ketones is 1. The van der Waals surface area contributed by atoms with Crippen molar-refractivity contribution in [3.05, 3.63) is 119 Å². The molecule has 0 saturated heterocycles. The van der Waals surface area contributed by atoms with Gasteiger partial charge in [0.05, 0.1) is 24.7 Å². The zero-order chi connectivity index (χ0) is 25.4. The van der Waals surface area contributed by atoms with E-state index in [1.807, 2.05) is 110 Å². The number of Topliss-reactive ketones (excluding diaryl/α,β-unsaturated/α-hetero) is 1. The van der Waals surface area contributed by atoms with Crippen molar-refractivity contribution in [3.63, 3.8) is 0 Å². The molecule has 6 nitrogen and oxygen atoms in total. The Balaban J connectivity index is 1.67. The summed E-state index contributed by atoms with van der Waals surface area (Å²) in [6.07, 6.45) is -1.43. The maximum absolute atomic E-state index is 13.8. The second kappa shape index (κ2) is 9.63. The van der Waals surface area contributed by atoms with E-state index in [9.17, 15) is 14.7 Å². The van der Waals surface area contributed by atoms with E-state index in [0.29, 0.717) is 11.5 Å². The molecule has 4 atom stereocenters. The van der Waals surface area contributed by atoms with Gasteiger partial charge in [-0.15, -0.1) is 0 Å². The van der Waals surface area contributed by atoms with E-state index < -0.39 is 18.2 Å². The van der Waals surface area contributed by atoms with Crippen LogP contribution in [0.25, 0.3) is 0 Å². The SMILES string of the molecule is C[C@@H](c1ccccc1)N1CC(=O)C2=C1N([C@@H](C)c1ccccc1)[C@@H](O)C(=O)N2[C@@H](C)c1ccccc1. The maximum atomic E-state index is 13.8. The number of rotatable bonds is 6. The Morgan fingerprint density at radius 2 is 1.14 bits per heavy atom. The van der Waals surface area contributed by atoms with Gasteiger partial charge in [-0.05, 0) is 37.5 Å². The summed E-state index contributed by atoms with van der Waals surface area (Å²) in [4.78, 5) is 32.6. The summed E-state index contributed by atoms with van der Waals surface area (Å²) in [5.41, 5.74) is 3.26. The molecule has 0 unspecified atom stereocenters. The lowest BCUT2D eigenvalue weighted by molar-refractivity contribution is -0.157. The van der Waals surface area contributed by atoms with Gasteiger partial charge in [-0.3, -0.25) is 14.5 Å². The number of carbonyl (C=O) groups is 2. The minimum Gasteiger partial charge on any atom is -0.365 e. The molecule has 3 aromatic carbocycles. The number of aliphatic hydroxyl groups is 1. The van der Waals surface area contributed by atoms with Crippen molar-refractivity contribution in [3.8, 4) is 0 Å². The predicted octanol–water partition coefficient (Wildman–Crippen LogP) is 4.79. The van der Waals surface area contributed by atoms with Crippen molar-refractivity contribution in [2.45, 2.75) is 45.1 Å². The molecular weight excluding hydrogens is 450 g/mol. The van der Waals surface area contributed by atoms with Gasteiger partial charge in [0.15, 0.2) is 0 Å². The van der Waals surface area contributed by atoms with E-state index in [-0.39, 0.29) is 24.4 Å². The molecule has 0 bridgehead atoms. The zero-order valence-corrected chi connectivity index (χ0v) is 20.8. The standard InChI is InChI=1S/C30H31N3O3/c1-20(23-13-7-4-8-14-23)31-19-26(34)27-28(31)33(22(3)25-17-11-6-12-18-25)30(36)29(35)32(27)21(2)24-15-9-5-10-16-24/h4-18,20-22,30,36H,19H2,1-3H3/t20-,21-,22-,30-/m0/s1. The van der Waals surface area contributed by atoms with Crippen molar-refractivity contribution in [1.82, 2.24) is 14.7 Å². The van der Waals surface area contributed by atoms with Crippen LogP contribution in [0.3, 0.4) is 0 Å². The van der Waals surface area contributed by atoms with Gasteiger partial charge < -0.3 is 14.9 Å². The van der Waals surface area contributed by atoms with E-state index >= 15 is 0 Å². The molecule has 5 rings (SSSR count). The average molecular weight is 482 g/mol. The number of hydrogen-bond donors (Lipinski definition) is 1. The van der Waals surface area contributed by atoms with E-state index in [0.717, 1.165) is 16.7 Å². The minimum absolute atomic E-state index is 0.124. The molecular formula is C30H31N3O3. The highest BCUT2D eigenvalue weighted by Gasteiger charge is 2.51. The zero-order valence-electron chi connectivity index (χ0n) is 20.8. The highest BCUT2D eigenvalue weighted by atomic mass is 16.3. The Bertz CT molecular complexity index is 1280. The van der Waals surface area contributed by atoms with Crippen LogP contribution in [0.1, 0.15) is 55.6 Å². The molecule has 0 aromatic heterocycles. The highest BCUT2D eigenvalue weighted by molar-refractivity contribution is 6.04. The third kappa shape index (κ3) is 3.97. The molecule has 2 aliphatic heterocycles. The van der Waals surface area contributed by atoms with E-state index in [2.05, 4.69) is 6.92 Å². The molecule has 1 N–H and O–H groups in total. The van der Waals surface area contributed by atoms with Crippen LogP contribution in [0.5, 0.6) is 0 Å². The minimum atomic E-state index is -1.43. The molecule has 6 heteroatoms. The highest BCUT2D eigenvalue weighted by Crippen LogP contribution is 2.44. The lowest BCUT2D eigenvalue weighted by Crippen LogP contribution is -2.56. The van der Waals surface area contributed by atoms with Gasteiger partial charge in [0.2, 0.25) is 12.0 Å². The summed E-state index contributed by atoms with van der Waals surface area (Å²) in [6, 6.07) is 28.5. The molecule has 184 valence electrons. The Kier molecular flexibility index (Phi) is 6.37. The Labute approximate surface area is 212 Å². The molecule has 2 heterocycles. The van der Waals surface area contributed by atoms with E-state index in [1.165, 1.54) is 4.90 Å².